The summed E-state index contributed by atoms with van der Waals surface area (Å²) >= 11 is 1.29. The van der Waals surface area contributed by atoms with Crippen molar-refractivity contribution in [3.63, 3.8) is 0 Å². The molecule has 4 aromatic rings. The van der Waals surface area contributed by atoms with E-state index in [2.05, 4.69) is 24.2 Å². The van der Waals surface area contributed by atoms with E-state index < -0.39 is 5.85 Å². The van der Waals surface area contributed by atoms with E-state index in [1.54, 1.807) is 13.4 Å². The van der Waals surface area contributed by atoms with Crippen LogP contribution in [0.25, 0.3) is 22.4 Å². The standard InChI is InChI=1S/C25H28N5O3PS/c1-14-11-15(2)19(16(3)12-14)22(31)24(34)33-10-9-30-13-27-21-20(28-25(26)29-23(21)30)17-5-7-18(8-6-17)35-32-4/h5-8,11-13,24H,9-10,34H2,1-4H3,(H2,26,28,29). The fraction of sp³-hybridized carbons (Fsp3) is 0.280. The third kappa shape index (κ3) is 5.54. The summed E-state index contributed by atoms with van der Waals surface area (Å²) in [6.07, 6.45) is 1.69. The van der Waals surface area contributed by atoms with Gasteiger partial charge in [-0.15, -0.1) is 0 Å². The molecule has 8 nitrogen and oxygen atoms in total. The van der Waals surface area contributed by atoms with E-state index >= 15 is 0 Å². The predicted octanol–water partition coefficient (Wildman–Crippen LogP) is 4.75. The largest absolute Gasteiger partial charge is 0.368 e. The molecule has 2 heterocycles. The Hall–Kier alpha value is -2.84. The minimum atomic E-state index is -0.649. The van der Waals surface area contributed by atoms with Crippen molar-refractivity contribution in [2.45, 2.75) is 38.1 Å². The maximum absolute atomic E-state index is 13.0. The number of rotatable bonds is 9. The Balaban J connectivity index is 1.49. The monoisotopic (exact) mass is 509 g/mol. The van der Waals surface area contributed by atoms with Crippen LogP contribution < -0.4 is 5.73 Å². The molecule has 0 aliphatic carbocycles. The van der Waals surface area contributed by atoms with Crippen LogP contribution in [-0.4, -0.2) is 44.9 Å². The van der Waals surface area contributed by atoms with E-state index in [0.29, 0.717) is 35.6 Å². The topological polar surface area (TPSA) is 105 Å². The molecular weight excluding hydrogens is 481 g/mol. The number of nitrogen functional groups attached to an aromatic ring is 1. The maximum atomic E-state index is 13.0. The summed E-state index contributed by atoms with van der Waals surface area (Å²) in [6.45, 7) is 6.69. The molecule has 0 fully saturated rings. The van der Waals surface area contributed by atoms with Crippen LogP contribution in [0.2, 0.25) is 0 Å². The number of Topliss-reactive ketones (excluding diaryl/α,β-unsaturated/α-hetero) is 1. The van der Waals surface area contributed by atoms with Gasteiger partial charge < -0.3 is 19.2 Å². The van der Waals surface area contributed by atoms with Crippen LogP contribution >= 0.6 is 21.3 Å². The number of carbonyl (C=O) groups is 1. The lowest BCUT2D eigenvalue weighted by molar-refractivity contribution is 0.0656. The van der Waals surface area contributed by atoms with Gasteiger partial charge >= 0.3 is 0 Å². The van der Waals surface area contributed by atoms with Crippen LogP contribution in [0.4, 0.5) is 5.95 Å². The molecular formula is C25H28N5O3PS. The van der Waals surface area contributed by atoms with Crippen LogP contribution in [0.5, 0.6) is 0 Å². The molecule has 4 rings (SSSR count). The molecule has 0 radical (unpaired) electrons. The number of benzene rings is 2. The van der Waals surface area contributed by atoms with Gasteiger partial charge in [-0.1, -0.05) is 39.1 Å². The van der Waals surface area contributed by atoms with E-state index in [4.69, 9.17) is 14.7 Å². The molecule has 2 unspecified atom stereocenters. The highest BCUT2D eigenvalue weighted by Gasteiger charge is 2.21. The Morgan fingerprint density at radius 1 is 1.14 bits per heavy atom. The van der Waals surface area contributed by atoms with Crippen molar-refractivity contribution in [3.8, 4) is 11.3 Å². The van der Waals surface area contributed by atoms with Gasteiger partial charge in [-0.25, -0.2) is 9.97 Å². The SMILES string of the molecule is COSc1ccc(-c2nc(N)nc3c2ncn3CCOC(P)C(=O)c2c(C)cc(C)cc2C)cc1. The van der Waals surface area contributed by atoms with Crippen LogP contribution in [0.15, 0.2) is 47.6 Å². The van der Waals surface area contributed by atoms with Crippen molar-refractivity contribution < 1.29 is 13.7 Å². The maximum Gasteiger partial charge on any atom is 0.222 e. The molecule has 10 heteroatoms. The Kier molecular flexibility index (Phi) is 7.82. The van der Waals surface area contributed by atoms with Gasteiger partial charge in [-0.2, -0.15) is 4.98 Å². The average molecular weight is 510 g/mol. The molecule has 2 aromatic heterocycles. The zero-order valence-electron chi connectivity index (χ0n) is 20.1. The summed E-state index contributed by atoms with van der Waals surface area (Å²) in [5.41, 5.74) is 12.6. The molecule has 2 aromatic carbocycles. The Labute approximate surface area is 211 Å². The summed E-state index contributed by atoms with van der Waals surface area (Å²) in [5, 5.41) is 0. The second-order valence-electron chi connectivity index (χ2n) is 8.24. The highest BCUT2D eigenvalue weighted by Crippen LogP contribution is 2.28. The minimum absolute atomic E-state index is 0.0515. The molecule has 0 amide bonds. The number of anilines is 1. The molecule has 0 saturated heterocycles. The average Bonchev–Trinajstić information content (AvgIpc) is 3.21. The number of ketones is 1. The van der Waals surface area contributed by atoms with E-state index in [1.807, 2.05) is 61.7 Å². The number of imidazole rings is 1. The van der Waals surface area contributed by atoms with Crippen molar-refractivity contribution >= 4 is 44.2 Å². The first-order valence-corrected chi connectivity index (χ1v) is 12.5. The van der Waals surface area contributed by atoms with Gasteiger partial charge in [-0.3, -0.25) is 4.79 Å². The molecule has 0 bridgehead atoms. The molecule has 182 valence electrons. The van der Waals surface area contributed by atoms with Crippen LogP contribution in [0.3, 0.4) is 0 Å². The second kappa shape index (κ2) is 10.8. The molecule has 0 aliphatic heterocycles. The molecule has 0 spiro atoms. The van der Waals surface area contributed by atoms with Crippen molar-refractivity contribution in [1.29, 1.82) is 0 Å². The third-order valence-electron chi connectivity index (χ3n) is 5.60. The zero-order chi connectivity index (χ0) is 25.1. The number of fused-ring (bicyclic) bond motifs is 1. The van der Waals surface area contributed by atoms with Gasteiger partial charge in [0.15, 0.2) is 11.4 Å². The lowest BCUT2D eigenvalue weighted by atomic mass is 9.97. The Morgan fingerprint density at radius 2 is 1.83 bits per heavy atom. The van der Waals surface area contributed by atoms with E-state index in [0.717, 1.165) is 27.1 Å². The third-order valence-corrected chi connectivity index (χ3v) is 6.73. The van der Waals surface area contributed by atoms with Gasteiger partial charge in [0.2, 0.25) is 5.95 Å². The lowest BCUT2D eigenvalue weighted by Gasteiger charge is -2.16. The zero-order valence-corrected chi connectivity index (χ0v) is 22.1. The van der Waals surface area contributed by atoms with E-state index in [1.165, 1.54) is 12.0 Å². The van der Waals surface area contributed by atoms with Crippen LogP contribution in [0, 0.1) is 20.8 Å². The van der Waals surface area contributed by atoms with Gasteiger partial charge in [0.25, 0.3) is 0 Å². The summed E-state index contributed by atoms with van der Waals surface area (Å²) in [5.74, 6) is -0.539. The number of aryl methyl sites for hydroxylation is 3. The van der Waals surface area contributed by atoms with Gasteiger partial charge in [0.05, 0.1) is 20.0 Å². The normalized spacial score (nSPS) is 12.3. The van der Waals surface area contributed by atoms with Crippen molar-refractivity contribution in [1.82, 2.24) is 19.5 Å². The van der Waals surface area contributed by atoms with Gasteiger partial charge in [-0.05, 0) is 44.0 Å². The molecule has 2 atom stereocenters. The molecule has 2 N–H and O–H groups in total. The fourth-order valence-corrected chi connectivity index (χ4v) is 4.90. The summed E-state index contributed by atoms with van der Waals surface area (Å²) < 4.78 is 12.8. The van der Waals surface area contributed by atoms with Crippen LogP contribution in [0.1, 0.15) is 27.0 Å². The van der Waals surface area contributed by atoms with E-state index in [-0.39, 0.29) is 11.7 Å². The first-order chi connectivity index (χ1) is 16.8. The molecule has 0 aliphatic rings. The fourth-order valence-electron chi connectivity index (χ4n) is 4.16. The van der Waals surface area contributed by atoms with E-state index in [9.17, 15) is 4.79 Å². The Bertz CT molecular complexity index is 1350. The molecule has 35 heavy (non-hydrogen) atoms. The molecule has 0 saturated carbocycles. The number of nitrogens with two attached hydrogens (primary N) is 1. The van der Waals surface area contributed by atoms with Crippen molar-refractivity contribution in [3.05, 3.63) is 65.0 Å². The number of hydrogen-bond donors (Lipinski definition) is 1. The van der Waals surface area contributed by atoms with Crippen LogP contribution in [-0.2, 0) is 15.5 Å². The Morgan fingerprint density at radius 3 is 2.49 bits per heavy atom. The summed E-state index contributed by atoms with van der Waals surface area (Å²) in [4.78, 5) is 27.3. The van der Waals surface area contributed by atoms with Crippen molar-refractivity contribution in [2.24, 2.45) is 0 Å². The number of ether oxygens (including phenoxy) is 1. The summed E-state index contributed by atoms with van der Waals surface area (Å²) in [7, 11) is 4.13. The highest BCUT2D eigenvalue weighted by atomic mass is 32.2. The van der Waals surface area contributed by atoms with Gasteiger partial charge in [0.1, 0.15) is 17.1 Å². The quantitative estimate of drug-likeness (QED) is 0.196. The smallest absolute Gasteiger partial charge is 0.222 e. The van der Waals surface area contributed by atoms with Crippen molar-refractivity contribution in [2.75, 3.05) is 19.5 Å². The second-order valence-corrected chi connectivity index (χ2v) is 9.82. The number of carbonyl (C=O) groups excluding carboxylic acids is 1. The summed E-state index contributed by atoms with van der Waals surface area (Å²) in [6, 6.07) is 11.8. The number of nitrogens with zero attached hydrogens (tertiary/aromatic N) is 4. The van der Waals surface area contributed by atoms with Gasteiger partial charge in [0, 0.05) is 34.6 Å². The number of hydrogen-bond acceptors (Lipinski definition) is 8. The first kappa shape index (κ1) is 25.3. The predicted molar refractivity (Wildman–Crippen MR) is 142 cm³/mol. The minimum Gasteiger partial charge on any atom is -0.368 e. The lowest BCUT2D eigenvalue weighted by Crippen LogP contribution is -2.22. The number of aromatic nitrogens is 4. The highest BCUT2D eigenvalue weighted by molar-refractivity contribution is 7.94. The first-order valence-electron chi connectivity index (χ1n) is 11.1.